The summed E-state index contributed by atoms with van der Waals surface area (Å²) in [5.74, 6) is -0.223. The van der Waals surface area contributed by atoms with Gasteiger partial charge in [0, 0.05) is 4.47 Å². The molecule has 4 rings (SSSR count). The van der Waals surface area contributed by atoms with Crippen LogP contribution in [0, 0.1) is 0 Å². The van der Waals surface area contributed by atoms with Crippen LogP contribution >= 0.6 is 27.7 Å². The Hall–Kier alpha value is -3.23. The van der Waals surface area contributed by atoms with Crippen LogP contribution < -0.4 is 11.0 Å². The van der Waals surface area contributed by atoms with E-state index in [0.717, 1.165) is 10.0 Å². The van der Waals surface area contributed by atoms with Crippen molar-refractivity contribution in [2.75, 3.05) is 5.75 Å². The summed E-state index contributed by atoms with van der Waals surface area (Å²) in [4.78, 5) is 30.3. The van der Waals surface area contributed by atoms with Crippen molar-refractivity contribution < 1.29 is 4.79 Å². The minimum Gasteiger partial charge on any atom is -0.272 e. The second-order valence-corrected chi connectivity index (χ2v) is 8.78. The largest absolute Gasteiger partial charge is 0.272 e. The third-order valence-corrected chi connectivity index (χ3v) is 6.11. The summed E-state index contributed by atoms with van der Waals surface area (Å²) in [5.41, 5.74) is 5.29. The van der Waals surface area contributed by atoms with E-state index in [9.17, 15) is 9.59 Å². The molecule has 8 heteroatoms. The van der Waals surface area contributed by atoms with Gasteiger partial charge in [-0.25, -0.2) is 10.4 Å². The number of fused-ring (bicyclic) bond motifs is 1. The quantitative estimate of drug-likeness (QED) is 0.176. The highest BCUT2D eigenvalue weighted by Gasteiger charge is 2.14. The molecule has 3 aromatic carbocycles. The van der Waals surface area contributed by atoms with Crippen LogP contribution in [-0.2, 0) is 4.79 Å². The van der Waals surface area contributed by atoms with Crippen molar-refractivity contribution in [1.29, 1.82) is 0 Å². The maximum absolute atomic E-state index is 13.2. The molecular weight excluding hydrogens is 488 g/mol. The number of halogens is 1. The van der Waals surface area contributed by atoms with E-state index < -0.39 is 0 Å². The highest BCUT2D eigenvalue weighted by molar-refractivity contribution is 9.10. The van der Waals surface area contributed by atoms with Gasteiger partial charge in [-0.1, -0.05) is 70.2 Å². The molecule has 0 fully saturated rings. The third-order valence-electron chi connectivity index (χ3n) is 4.68. The van der Waals surface area contributed by atoms with E-state index in [-0.39, 0.29) is 17.2 Å². The van der Waals surface area contributed by atoms with Crippen LogP contribution in [0.15, 0.2) is 98.4 Å². The predicted molar refractivity (Wildman–Crippen MR) is 133 cm³/mol. The van der Waals surface area contributed by atoms with E-state index in [1.165, 1.54) is 16.3 Å². The standard InChI is InChI=1S/C24H19BrN4O2S/c1-16(17-8-7-9-18(25)14-17)27-28-22(30)15-32-24-26-21-13-6-5-12-20(21)23(31)29(24)19-10-3-2-4-11-19/h2-14H,15H2,1H3,(H,28,30)/b27-16+. The number of para-hydroxylation sites is 2. The fraction of sp³-hybridized carbons (Fsp3) is 0.0833. The Morgan fingerprint density at radius 2 is 1.81 bits per heavy atom. The van der Waals surface area contributed by atoms with Gasteiger partial charge in [0.2, 0.25) is 0 Å². The predicted octanol–water partition coefficient (Wildman–Crippen LogP) is 4.78. The van der Waals surface area contributed by atoms with Gasteiger partial charge in [0.15, 0.2) is 5.16 Å². The average molecular weight is 507 g/mol. The van der Waals surface area contributed by atoms with Gasteiger partial charge in [-0.15, -0.1) is 0 Å². The molecular formula is C24H19BrN4O2S. The molecule has 1 amide bonds. The summed E-state index contributed by atoms with van der Waals surface area (Å²) in [6.45, 7) is 1.83. The number of rotatable bonds is 6. The SMILES string of the molecule is C/C(=N\NC(=O)CSc1nc2ccccc2c(=O)n1-c1ccccc1)c1cccc(Br)c1. The molecule has 0 saturated carbocycles. The number of aromatic nitrogens is 2. The number of thioether (sulfide) groups is 1. The first kappa shape index (κ1) is 22.0. The summed E-state index contributed by atoms with van der Waals surface area (Å²) in [5, 5.41) is 5.16. The molecule has 0 aliphatic carbocycles. The van der Waals surface area contributed by atoms with Crippen molar-refractivity contribution >= 4 is 50.2 Å². The Balaban J connectivity index is 1.57. The number of hydrogen-bond acceptors (Lipinski definition) is 5. The Bertz CT molecular complexity index is 1370. The minimum absolute atomic E-state index is 0.0624. The fourth-order valence-electron chi connectivity index (χ4n) is 3.10. The molecule has 6 nitrogen and oxygen atoms in total. The number of amides is 1. The monoisotopic (exact) mass is 506 g/mol. The average Bonchev–Trinajstić information content (AvgIpc) is 2.82. The van der Waals surface area contributed by atoms with Gasteiger partial charge in [-0.2, -0.15) is 5.10 Å². The van der Waals surface area contributed by atoms with Gasteiger partial charge in [0.1, 0.15) is 0 Å². The van der Waals surface area contributed by atoms with Gasteiger partial charge >= 0.3 is 0 Å². The zero-order valence-corrected chi connectivity index (χ0v) is 19.6. The maximum Gasteiger partial charge on any atom is 0.266 e. The second-order valence-electron chi connectivity index (χ2n) is 6.92. The summed E-state index contributed by atoms with van der Waals surface area (Å²) in [6.07, 6.45) is 0. The van der Waals surface area contributed by atoms with Crippen molar-refractivity contribution in [2.24, 2.45) is 5.10 Å². The molecule has 0 unspecified atom stereocenters. The van der Waals surface area contributed by atoms with Crippen molar-refractivity contribution in [3.8, 4) is 5.69 Å². The first-order chi connectivity index (χ1) is 15.5. The van der Waals surface area contributed by atoms with Crippen LogP contribution in [0.3, 0.4) is 0 Å². The summed E-state index contributed by atoms with van der Waals surface area (Å²) in [6, 6.07) is 24.2. The molecule has 1 N–H and O–H groups in total. The number of hydrogen-bond donors (Lipinski definition) is 1. The van der Waals surface area contributed by atoms with E-state index in [4.69, 9.17) is 0 Å². The molecule has 0 bridgehead atoms. The molecule has 160 valence electrons. The first-order valence-corrected chi connectivity index (χ1v) is 11.6. The Kier molecular flexibility index (Phi) is 6.82. The third kappa shape index (κ3) is 4.98. The molecule has 0 saturated heterocycles. The van der Waals surface area contributed by atoms with Crippen LogP contribution in [0.4, 0.5) is 0 Å². The molecule has 1 aromatic heterocycles. The topological polar surface area (TPSA) is 76.3 Å². The number of carbonyl (C=O) groups is 1. The Morgan fingerprint density at radius 3 is 2.59 bits per heavy atom. The lowest BCUT2D eigenvalue weighted by atomic mass is 10.1. The van der Waals surface area contributed by atoms with E-state index in [1.807, 2.05) is 73.7 Å². The molecule has 0 aliphatic heterocycles. The number of hydrazone groups is 1. The highest BCUT2D eigenvalue weighted by atomic mass is 79.9. The van der Waals surface area contributed by atoms with Crippen molar-refractivity contribution in [1.82, 2.24) is 15.0 Å². The van der Waals surface area contributed by atoms with Crippen molar-refractivity contribution in [3.05, 3.63) is 99.3 Å². The van der Waals surface area contributed by atoms with Crippen LogP contribution in [0.25, 0.3) is 16.6 Å². The van der Waals surface area contributed by atoms with E-state index in [0.29, 0.717) is 27.5 Å². The molecule has 1 heterocycles. The number of nitrogens with one attached hydrogen (secondary N) is 1. The van der Waals surface area contributed by atoms with Crippen LogP contribution in [0.1, 0.15) is 12.5 Å². The number of nitrogens with zero attached hydrogens (tertiary/aromatic N) is 3. The van der Waals surface area contributed by atoms with Crippen molar-refractivity contribution in [3.63, 3.8) is 0 Å². The number of benzene rings is 3. The van der Waals surface area contributed by atoms with Crippen molar-refractivity contribution in [2.45, 2.75) is 12.1 Å². The summed E-state index contributed by atoms with van der Waals surface area (Å²) in [7, 11) is 0. The van der Waals surface area contributed by atoms with E-state index in [1.54, 1.807) is 12.1 Å². The first-order valence-electron chi connectivity index (χ1n) is 9.82. The van der Waals surface area contributed by atoms with Crippen LogP contribution in [0.5, 0.6) is 0 Å². The number of carbonyl (C=O) groups excluding carboxylic acids is 1. The van der Waals surface area contributed by atoms with Gasteiger partial charge in [0.25, 0.3) is 11.5 Å². The lowest BCUT2D eigenvalue weighted by Crippen LogP contribution is -2.24. The van der Waals surface area contributed by atoms with Crippen LogP contribution in [-0.4, -0.2) is 26.9 Å². The maximum atomic E-state index is 13.2. The van der Waals surface area contributed by atoms with Gasteiger partial charge in [0.05, 0.1) is 28.1 Å². The molecule has 0 aliphatic rings. The summed E-state index contributed by atoms with van der Waals surface area (Å²) < 4.78 is 2.48. The Labute approximate surface area is 197 Å². The zero-order valence-electron chi connectivity index (χ0n) is 17.2. The van der Waals surface area contributed by atoms with Gasteiger partial charge in [-0.05, 0) is 48.9 Å². The summed E-state index contributed by atoms with van der Waals surface area (Å²) >= 11 is 4.62. The minimum atomic E-state index is -0.286. The molecule has 0 radical (unpaired) electrons. The molecule has 0 spiro atoms. The Morgan fingerprint density at radius 1 is 1.06 bits per heavy atom. The van der Waals surface area contributed by atoms with Gasteiger partial charge in [-0.3, -0.25) is 14.2 Å². The van der Waals surface area contributed by atoms with Crippen LogP contribution in [0.2, 0.25) is 0 Å². The highest BCUT2D eigenvalue weighted by Crippen LogP contribution is 2.21. The fourth-order valence-corrected chi connectivity index (χ4v) is 4.30. The molecule has 4 aromatic rings. The van der Waals surface area contributed by atoms with E-state index >= 15 is 0 Å². The normalized spacial score (nSPS) is 11.5. The lowest BCUT2D eigenvalue weighted by molar-refractivity contribution is -0.118. The lowest BCUT2D eigenvalue weighted by Gasteiger charge is -2.13. The zero-order chi connectivity index (χ0) is 22.5. The van der Waals surface area contributed by atoms with Gasteiger partial charge < -0.3 is 0 Å². The molecule has 0 atom stereocenters. The van der Waals surface area contributed by atoms with E-state index in [2.05, 4.69) is 31.4 Å². The smallest absolute Gasteiger partial charge is 0.266 e. The molecule has 32 heavy (non-hydrogen) atoms. The second kappa shape index (κ2) is 9.93.